The predicted octanol–water partition coefficient (Wildman–Crippen LogP) is 3.22. The first kappa shape index (κ1) is 21.5. The maximum Gasteiger partial charge on any atom is 0.273 e. The molecule has 0 bridgehead atoms. The summed E-state index contributed by atoms with van der Waals surface area (Å²) in [5.41, 5.74) is 2.84. The zero-order chi connectivity index (χ0) is 23.7. The molecule has 2 aromatic heterocycles. The van der Waals surface area contributed by atoms with Gasteiger partial charge in [0, 0.05) is 53.9 Å². The van der Waals surface area contributed by atoms with Crippen molar-refractivity contribution in [3.8, 4) is 11.4 Å². The van der Waals surface area contributed by atoms with Gasteiger partial charge in [-0.05, 0) is 31.2 Å². The first-order valence-electron chi connectivity index (χ1n) is 10.7. The topological polar surface area (TPSA) is 128 Å². The van der Waals surface area contributed by atoms with Crippen molar-refractivity contribution in [1.29, 1.82) is 0 Å². The fraction of sp³-hybridized carbons (Fsp3) is 0.217. The van der Waals surface area contributed by atoms with E-state index in [2.05, 4.69) is 20.4 Å². The number of rotatable bonds is 5. The lowest BCUT2D eigenvalue weighted by atomic mass is 10.1. The molecule has 0 aliphatic carbocycles. The number of morpholine rings is 1. The summed E-state index contributed by atoms with van der Waals surface area (Å²) in [7, 11) is 0. The second-order valence-electron chi connectivity index (χ2n) is 7.79. The smallest absolute Gasteiger partial charge is 0.273 e. The van der Waals surface area contributed by atoms with Gasteiger partial charge in [0.05, 0.1) is 18.1 Å². The monoisotopic (exact) mass is 459 g/mol. The van der Waals surface area contributed by atoms with E-state index in [4.69, 9.17) is 4.74 Å². The molecule has 4 aromatic rings. The molecule has 1 aliphatic heterocycles. The standard InChI is InChI=1S/C23H21N7O4/c1-15-18(3-2-4-19(15)30(32)33)20-26-21(22-24-9-10-29(22)27-20)25-17-7-5-16(6-8-17)23(31)28-11-13-34-14-12-28/h2-10H,11-14H2,1H3,(H,25,26,27). The molecule has 172 valence electrons. The van der Waals surface area contributed by atoms with Crippen LogP contribution in [0.2, 0.25) is 0 Å². The van der Waals surface area contributed by atoms with Crippen molar-refractivity contribution in [2.24, 2.45) is 0 Å². The van der Waals surface area contributed by atoms with Gasteiger partial charge in [-0.2, -0.15) is 0 Å². The molecule has 5 rings (SSSR count). The number of amides is 1. The van der Waals surface area contributed by atoms with E-state index in [0.29, 0.717) is 66.0 Å². The van der Waals surface area contributed by atoms with E-state index >= 15 is 0 Å². The van der Waals surface area contributed by atoms with Crippen LogP contribution >= 0.6 is 0 Å². The molecule has 3 heterocycles. The molecule has 1 amide bonds. The highest BCUT2D eigenvalue weighted by Gasteiger charge is 2.20. The number of carbonyl (C=O) groups excluding carboxylic acids is 1. The molecule has 0 spiro atoms. The summed E-state index contributed by atoms with van der Waals surface area (Å²) in [5, 5.41) is 19.1. The Balaban J connectivity index is 1.46. The minimum Gasteiger partial charge on any atom is -0.378 e. The zero-order valence-electron chi connectivity index (χ0n) is 18.3. The van der Waals surface area contributed by atoms with Crippen molar-refractivity contribution in [3.63, 3.8) is 0 Å². The number of carbonyl (C=O) groups is 1. The van der Waals surface area contributed by atoms with Crippen molar-refractivity contribution in [2.75, 3.05) is 31.6 Å². The van der Waals surface area contributed by atoms with E-state index < -0.39 is 4.92 Å². The van der Waals surface area contributed by atoms with E-state index in [9.17, 15) is 14.9 Å². The van der Waals surface area contributed by atoms with Crippen LogP contribution in [0.5, 0.6) is 0 Å². The third kappa shape index (κ3) is 4.04. The van der Waals surface area contributed by atoms with Gasteiger partial charge in [0.25, 0.3) is 11.6 Å². The number of fused-ring (bicyclic) bond motifs is 1. The maximum atomic E-state index is 12.7. The second kappa shape index (κ2) is 8.87. The Morgan fingerprint density at radius 3 is 2.65 bits per heavy atom. The second-order valence-corrected chi connectivity index (χ2v) is 7.79. The SMILES string of the molecule is Cc1c(-c2nc(Nc3ccc(C(=O)N4CCOCC4)cc3)c3nccn3n2)cccc1[N+](=O)[O-]. The highest BCUT2D eigenvalue weighted by atomic mass is 16.6. The number of aromatic nitrogens is 4. The molecular weight excluding hydrogens is 438 g/mol. The first-order valence-corrected chi connectivity index (χ1v) is 10.7. The molecule has 1 fully saturated rings. The van der Waals surface area contributed by atoms with Gasteiger partial charge in [-0.15, -0.1) is 5.10 Å². The van der Waals surface area contributed by atoms with Gasteiger partial charge in [0.15, 0.2) is 17.3 Å². The van der Waals surface area contributed by atoms with Crippen LogP contribution in [0.15, 0.2) is 54.9 Å². The van der Waals surface area contributed by atoms with E-state index in [0.717, 1.165) is 0 Å². The van der Waals surface area contributed by atoms with Gasteiger partial charge in [-0.1, -0.05) is 12.1 Å². The van der Waals surface area contributed by atoms with Crippen molar-refractivity contribution in [2.45, 2.75) is 6.92 Å². The Morgan fingerprint density at radius 1 is 1.15 bits per heavy atom. The number of hydrogen-bond acceptors (Lipinski definition) is 8. The summed E-state index contributed by atoms with van der Waals surface area (Å²) >= 11 is 0. The van der Waals surface area contributed by atoms with Crippen molar-refractivity contribution < 1.29 is 14.5 Å². The number of nitrogens with zero attached hydrogens (tertiary/aromatic N) is 6. The van der Waals surface area contributed by atoms with E-state index in [1.165, 1.54) is 6.07 Å². The lowest BCUT2D eigenvalue weighted by molar-refractivity contribution is -0.385. The Hall–Kier alpha value is -4.38. The average molecular weight is 459 g/mol. The van der Waals surface area contributed by atoms with Crippen molar-refractivity contribution in [3.05, 3.63) is 76.1 Å². The largest absolute Gasteiger partial charge is 0.378 e. The number of benzene rings is 2. The van der Waals surface area contributed by atoms with Gasteiger partial charge >= 0.3 is 0 Å². The quantitative estimate of drug-likeness (QED) is 0.356. The van der Waals surface area contributed by atoms with Gasteiger partial charge in [-0.3, -0.25) is 14.9 Å². The third-order valence-electron chi connectivity index (χ3n) is 5.69. The van der Waals surface area contributed by atoms with E-state index in [1.807, 2.05) is 0 Å². The maximum absolute atomic E-state index is 12.7. The number of nitrogens with one attached hydrogen (secondary N) is 1. The summed E-state index contributed by atoms with van der Waals surface area (Å²) in [6.45, 7) is 3.93. The molecule has 1 saturated heterocycles. The van der Waals surface area contributed by atoms with Crippen LogP contribution in [0.4, 0.5) is 17.2 Å². The Kier molecular flexibility index (Phi) is 5.60. The van der Waals surface area contributed by atoms with Crippen LogP contribution in [0.25, 0.3) is 17.0 Å². The summed E-state index contributed by atoms with van der Waals surface area (Å²) in [6.07, 6.45) is 3.28. The van der Waals surface area contributed by atoms with Gasteiger partial charge < -0.3 is 15.0 Å². The number of imidazole rings is 1. The molecule has 0 saturated carbocycles. The average Bonchev–Trinajstić information content (AvgIpc) is 3.34. The molecule has 0 unspecified atom stereocenters. The Labute approximate surface area is 194 Å². The van der Waals surface area contributed by atoms with Gasteiger partial charge in [0.2, 0.25) is 0 Å². The van der Waals surface area contributed by atoms with Crippen LogP contribution < -0.4 is 5.32 Å². The highest BCUT2D eigenvalue weighted by Crippen LogP contribution is 2.29. The van der Waals surface area contributed by atoms with E-state index in [1.54, 1.807) is 65.1 Å². The van der Waals surface area contributed by atoms with Crippen LogP contribution in [0, 0.1) is 17.0 Å². The van der Waals surface area contributed by atoms with E-state index in [-0.39, 0.29) is 11.6 Å². The highest BCUT2D eigenvalue weighted by molar-refractivity contribution is 5.94. The summed E-state index contributed by atoms with van der Waals surface area (Å²) < 4.78 is 6.88. The number of anilines is 2. The first-order chi connectivity index (χ1) is 16.5. The zero-order valence-corrected chi connectivity index (χ0v) is 18.3. The lowest BCUT2D eigenvalue weighted by Gasteiger charge is -2.26. The molecule has 1 N–H and O–H groups in total. The normalized spacial score (nSPS) is 13.7. The summed E-state index contributed by atoms with van der Waals surface area (Å²) in [6, 6.07) is 11.9. The Bertz CT molecular complexity index is 1380. The molecule has 34 heavy (non-hydrogen) atoms. The molecule has 0 atom stereocenters. The summed E-state index contributed by atoms with van der Waals surface area (Å²) in [4.78, 5) is 34.3. The van der Waals surface area contributed by atoms with Crippen molar-refractivity contribution >= 4 is 28.7 Å². The minimum atomic E-state index is -0.423. The number of nitro benzene ring substituents is 1. The fourth-order valence-electron chi connectivity index (χ4n) is 3.87. The molecule has 11 heteroatoms. The van der Waals surface area contributed by atoms with Crippen LogP contribution in [0.3, 0.4) is 0 Å². The number of hydrogen-bond donors (Lipinski definition) is 1. The molecular formula is C23H21N7O4. The van der Waals surface area contributed by atoms with Gasteiger partial charge in [-0.25, -0.2) is 14.5 Å². The van der Waals surface area contributed by atoms with Crippen LogP contribution in [-0.2, 0) is 4.74 Å². The third-order valence-corrected chi connectivity index (χ3v) is 5.69. The lowest BCUT2D eigenvalue weighted by Crippen LogP contribution is -2.40. The summed E-state index contributed by atoms with van der Waals surface area (Å²) in [5.74, 6) is 0.734. The van der Waals surface area contributed by atoms with Crippen LogP contribution in [-0.4, -0.2) is 61.6 Å². The Morgan fingerprint density at radius 2 is 1.91 bits per heavy atom. The van der Waals surface area contributed by atoms with Crippen LogP contribution in [0.1, 0.15) is 15.9 Å². The predicted molar refractivity (Wildman–Crippen MR) is 124 cm³/mol. The number of ether oxygens (including phenoxy) is 1. The molecule has 0 radical (unpaired) electrons. The van der Waals surface area contributed by atoms with Gasteiger partial charge in [0.1, 0.15) is 0 Å². The minimum absolute atomic E-state index is 0.00172. The number of nitro groups is 1. The molecule has 11 nitrogen and oxygen atoms in total. The molecule has 2 aromatic carbocycles. The fourth-order valence-corrected chi connectivity index (χ4v) is 3.87. The van der Waals surface area contributed by atoms with Crippen molar-refractivity contribution in [1.82, 2.24) is 24.5 Å². The molecule has 1 aliphatic rings.